The molecule has 1 fully saturated rings. The highest BCUT2D eigenvalue weighted by molar-refractivity contribution is 6.27. The summed E-state index contributed by atoms with van der Waals surface area (Å²) in [7, 11) is 0. The predicted octanol–water partition coefficient (Wildman–Crippen LogP) is 22.7. The largest absolute Gasteiger partial charge is 0.491 e. The lowest BCUT2D eigenvalue weighted by Gasteiger charge is -2.37. The smallest absolute Gasteiger partial charge is 0.119 e. The average Bonchev–Trinajstić information content (AvgIpc) is 0.705. The normalized spacial score (nSPS) is 18.6. The van der Waals surface area contributed by atoms with E-state index in [4.69, 9.17) is 76.8 Å². The summed E-state index contributed by atoms with van der Waals surface area (Å²) in [4.78, 5) is 27.8. The maximum atomic E-state index is 6.58. The Bertz CT molecular complexity index is 7030. The van der Waals surface area contributed by atoms with E-state index < -0.39 is 5.41 Å². The summed E-state index contributed by atoms with van der Waals surface area (Å²) >= 11 is 0. The van der Waals surface area contributed by atoms with Crippen LogP contribution in [0.3, 0.4) is 0 Å². The van der Waals surface area contributed by atoms with Gasteiger partial charge in [-0.3, -0.25) is 4.90 Å². The zero-order valence-electron chi connectivity index (χ0n) is 74.9. The number of fused-ring (bicyclic) bond motifs is 16. The van der Waals surface area contributed by atoms with Gasteiger partial charge in [0, 0.05) is 70.6 Å². The van der Waals surface area contributed by atoms with Crippen molar-refractivity contribution in [1.82, 2.24) is 24.8 Å². The van der Waals surface area contributed by atoms with Crippen LogP contribution in [0.1, 0.15) is 59.7 Å². The molecule has 0 amide bonds. The van der Waals surface area contributed by atoms with Crippen LogP contribution in [0.15, 0.2) is 303 Å². The standard InChI is InChI=1S/C115H108N6O12/c1-3-13-99-95(9-1)97-11-5-7-15-101(97)105-77-86(27-47-103(99)105)79-21-36-89(37-22-79)120-53-57-122-61-65-126-69-73-130-91-39-23-80(24-40-91)107-49-28-82-17-19-84-30-51-109(118-113(84)111(82)116-107)115(87-32-43-93(44-33-87)132-75-71-128-66-62-123-58-54-120)88-34-45-94(46-35-88)133-76-72-129-68-64-125-60-56-121(90-38-48-104-100-14-4-2-10-96(100)98-12-6-8-16-102(98)106(104)78-90)55-59-124-63-67-127-70-74-131-92-41-25-81(26-42-92)108-50-29-83-18-20-85-31-52-110(115)119-114(85)112(83)117-108/h1-20,23-35,38-52,77-79,89H,21-22,36-37,53-76H2. The fraction of sp³-hybridized carbons (Fsp3) is 0.270. The molecule has 0 saturated heterocycles. The maximum Gasteiger partial charge on any atom is 0.119 e. The third-order valence-corrected chi connectivity index (χ3v) is 26.8. The van der Waals surface area contributed by atoms with E-state index in [1.807, 2.05) is 48.5 Å². The molecule has 6 aliphatic heterocycles. The SMILES string of the molecule is c1ccc2c(c1)c1ccccc1c1cc(C3CCC(N4CCOCCOCCOc5ccc(cc5)-c5ccc6ccc7ccc(nc7c6n5)C5(c6ccc(cc6)OCCOCCOCCN(c6ccc7c8ccccc8c8ccccc8c7c6)CCOCCOCCOc6ccc(cc6)-c6ccc7ccc8ccc5nc8c7n6)c5ccc(cc5)OCCOCCOCC4)CC3)ccc21. The number of anilines is 1. The topological polar surface area (TPSA) is 169 Å². The van der Waals surface area contributed by atoms with Crippen molar-refractivity contribution in [3.05, 3.63) is 331 Å². The van der Waals surface area contributed by atoms with E-state index in [0.717, 1.165) is 145 Å². The lowest BCUT2D eigenvalue weighted by atomic mass is 9.68. The minimum atomic E-state index is -1.22. The van der Waals surface area contributed by atoms with Crippen molar-refractivity contribution >= 4 is 114 Å². The fourth-order valence-electron chi connectivity index (χ4n) is 20.0. The van der Waals surface area contributed by atoms with Crippen molar-refractivity contribution in [2.24, 2.45) is 0 Å². The first kappa shape index (κ1) is 86.6. The molecule has 1 atom stereocenters. The summed E-state index contributed by atoms with van der Waals surface area (Å²) in [6, 6.07) is 108. The zero-order chi connectivity index (χ0) is 88.9. The van der Waals surface area contributed by atoms with Gasteiger partial charge in [-0.15, -0.1) is 0 Å². The van der Waals surface area contributed by atoms with Gasteiger partial charge in [0.1, 0.15) is 54.8 Å². The summed E-state index contributed by atoms with van der Waals surface area (Å²) in [5.74, 6) is 3.31. The van der Waals surface area contributed by atoms with Gasteiger partial charge in [-0.1, -0.05) is 194 Å². The quantitative estimate of drug-likeness (QED) is 0.153. The molecule has 133 heavy (non-hydrogen) atoms. The van der Waals surface area contributed by atoms with Crippen LogP contribution in [0, 0.1) is 0 Å². The zero-order valence-corrected chi connectivity index (χ0v) is 74.9. The molecule has 0 radical (unpaired) electrons. The van der Waals surface area contributed by atoms with E-state index >= 15 is 0 Å². The Labute approximate surface area is 774 Å². The van der Waals surface area contributed by atoms with Crippen molar-refractivity contribution in [3.8, 4) is 45.5 Å². The number of rotatable bonds is 3. The number of hydrogen-bond donors (Lipinski definition) is 0. The molecule has 1 unspecified atom stereocenters. The van der Waals surface area contributed by atoms with Crippen LogP contribution in [0.25, 0.3) is 131 Å². The number of ether oxygens (including phenoxy) is 12. The highest BCUT2D eigenvalue weighted by Crippen LogP contribution is 2.48. The minimum Gasteiger partial charge on any atom is -0.491 e. The van der Waals surface area contributed by atoms with Gasteiger partial charge < -0.3 is 61.7 Å². The molecule has 1 spiro atoms. The van der Waals surface area contributed by atoms with Gasteiger partial charge in [0.2, 0.25) is 0 Å². The van der Waals surface area contributed by atoms with Crippen LogP contribution in [0.2, 0.25) is 0 Å². The van der Waals surface area contributed by atoms with Crippen LogP contribution in [0.5, 0.6) is 23.0 Å². The Balaban J connectivity index is 0.562. The van der Waals surface area contributed by atoms with Crippen LogP contribution in [-0.4, -0.2) is 189 Å². The van der Waals surface area contributed by atoms with E-state index in [9.17, 15) is 0 Å². The maximum absolute atomic E-state index is 6.58. The molecule has 670 valence electrons. The van der Waals surface area contributed by atoms with E-state index in [1.54, 1.807) is 0 Å². The van der Waals surface area contributed by atoms with Gasteiger partial charge >= 0.3 is 0 Å². The summed E-state index contributed by atoms with van der Waals surface area (Å²) in [6.45, 7) is 11.5. The molecule has 10 heterocycles. The number of aromatic nitrogens is 4. The molecule has 4 aromatic heterocycles. The van der Waals surface area contributed by atoms with Crippen LogP contribution in [0.4, 0.5) is 5.69 Å². The molecule has 18 heteroatoms. The summed E-state index contributed by atoms with van der Waals surface area (Å²) in [6.07, 6.45) is 4.44. The van der Waals surface area contributed by atoms with Crippen molar-refractivity contribution in [2.45, 2.75) is 43.1 Å². The highest BCUT2D eigenvalue weighted by atomic mass is 16.6. The molecular weight excluding hydrogens is 1660 g/mol. The first-order valence-corrected chi connectivity index (χ1v) is 47.1. The number of pyridine rings is 4. The van der Waals surface area contributed by atoms with E-state index in [0.29, 0.717) is 169 Å². The second kappa shape index (κ2) is 41.0. The van der Waals surface area contributed by atoms with E-state index in [1.165, 1.54) is 70.2 Å². The molecule has 1 aliphatic carbocycles. The van der Waals surface area contributed by atoms with Crippen molar-refractivity contribution in [3.63, 3.8) is 0 Å². The average molecular weight is 1770 g/mol. The molecule has 0 N–H and O–H groups in total. The fourth-order valence-corrected chi connectivity index (χ4v) is 20.0. The van der Waals surface area contributed by atoms with Gasteiger partial charge in [0.25, 0.3) is 0 Å². The molecule has 7 aliphatic rings. The number of hydrogen-bond acceptors (Lipinski definition) is 18. The first-order valence-electron chi connectivity index (χ1n) is 47.1. The van der Waals surface area contributed by atoms with Gasteiger partial charge in [-0.05, 0) is 222 Å². The van der Waals surface area contributed by atoms with Gasteiger partial charge in [0.05, 0.1) is 151 Å². The van der Waals surface area contributed by atoms with Crippen molar-refractivity contribution in [1.29, 1.82) is 0 Å². The van der Waals surface area contributed by atoms with Gasteiger partial charge in [-0.2, -0.15) is 0 Å². The molecular formula is C115H108N6O12. The lowest BCUT2D eigenvalue weighted by molar-refractivity contribution is 0.00601. The number of nitrogens with zero attached hydrogens (tertiary/aromatic N) is 6. The van der Waals surface area contributed by atoms with Gasteiger partial charge in [-0.25, -0.2) is 19.9 Å². The first-order chi connectivity index (χ1) is 65.9. The Hall–Kier alpha value is -13.1. The third-order valence-electron chi connectivity index (χ3n) is 26.8. The monoisotopic (exact) mass is 1760 g/mol. The van der Waals surface area contributed by atoms with Crippen molar-refractivity contribution < 1.29 is 56.8 Å². The Morgan fingerprint density at radius 1 is 0.241 bits per heavy atom. The van der Waals surface area contributed by atoms with Crippen molar-refractivity contribution in [2.75, 3.05) is 163 Å². The summed E-state index contributed by atoms with van der Waals surface area (Å²) in [5.41, 5.74) is 11.0. The second-order valence-electron chi connectivity index (χ2n) is 34.6. The molecule has 1 saturated carbocycles. The Kier molecular flexibility index (Phi) is 26.7. The van der Waals surface area contributed by atoms with Crippen LogP contribution in [-0.2, 0) is 43.3 Å². The molecule has 25 rings (SSSR count). The Morgan fingerprint density at radius 3 is 0.925 bits per heavy atom. The van der Waals surface area contributed by atoms with Crippen LogP contribution >= 0.6 is 0 Å². The minimum absolute atomic E-state index is 0.311. The predicted molar refractivity (Wildman–Crippen MR) is 532 cm³/mol. The van der Waals surface area contributed by atoms with Gasteiger partial charge in [0.15, 0.2) is 0 Å². The van der Waals surface area contributed by atoms with E-state index in [2.05, 4.69) is 265 Å². The van der Waals surface area contributed by atoms with Crippen LogP contribution < -0.4 is 23.8 Å². The third kappa shape index (κ3) is 18.9. The lowest BCUT2D eigenvalue weighted by Crippen LogP contribution is -2.42. The highest BCUT2D eigenvalue weighted by Gasteiger charge is 2.42. The van der Waals surface area contributed by atoms with E-state index in [-0.39, 0.29) is 0 Å². The molecule has 18 aromatic rings. The molecule has 18 nitrogen and oxygen atoms in total. The molecule has 16 bridgehead atoms. The molecule has 14 aromatic carbocycles. The Morgan fingerprint density at radius 2 is 0.541 bits per heavy atom. The number of benzene rings is 14. The summed E-state index contributed by atoms with van der Waals surface area (Å²) in [5, 5.41) is 19.0. The summed E-state index contributed by atoms with van der Waals surface area (Å²) < 4.78 is 75.6. The second-order valence-corrected chi connectivity index (χ2v) is 34.6.